The molecular formula is C18H14ClNO4S2. The van der Waals surface area contributed by atoms with Gasteiger partial charge in [-0.3, -0.25) is 9.59 Å². The van der Waals surface area contributed by atoms with Gasteiger partial charge in [-0.2, -0.15) is 0 Å². The van der Waals surface area contributed by atoms with E-state index < -0.39 is 5.97 Å². The molecule has 0 radical (unpaired) electrons. The molecule has 5 nitrogen and oxygen atoms in total. The van der Waals surface area contributed by atoms with Gasteiger partial charge in [0.1, 0.15) is 4.88 Å². The molecule has 0 saturated heterocycles. The Bertz CT molecular complexity index is 992. The molecule has 0 bridgehead atoms. The third-order valence-electron chi connectivity index (χ3n) is 3.50. The van der Waals surface area contributed by atoms with Crippen LogP contribution < -0.4 is 5.32 Å². The van der Waals surface area contributed by atoms with Crippen molar-refractivity contribution in [3.05, 3.63) is 56.1 Å². The number of hydrogen-bond donors (Lipinski definition) is 1. The van der Waals surface area contributed by atoms with E-state index in [1.165, 1.54) is 29.6 Å². The van der Waals surface area contributed by atoms with E-state index in [2.05, 4.69) is 5.32 Å². The normalized spacial score (nSPS) is 10.7. The number of halogens is 1. The van der Waals surface area contributed by atoms with E-state index >= 15 is 0 Å². The number of carbonyl (C=O) groups excluding carboxylic acids is 3. The summed E-state index contributed by atoms with van der Waals surface area (Å²) in [4.78, 5) is 37.0. The summed E-state index contributed by atoms with van der Waals surface area (Å²) >= 11 is 8.74. The lowest BCUT2D eigenvalue weighted by atomic mass is 10.2. The molecule has 0 unspecified atom stereocenters. The average Bonchev–Trinajstić information content (AvgIpc) is 3.23. The monoisotopic (exact) mass is 407 g/mol. The highest BCUT2D eigenvalue weighted by Gasteiger charge is 2.20. The first kappa shape index (κ1) is 18.6. The van der Waals surface area contributed by atoms with Crippen molar-refractivity contribution in [3.8, 4) is 0 Å². The zero-order valence-electron chi connectivity index (χ0n) is 13.7. The first-order chi connectivity index (χ1) is 12.5. The Labute approximate surface area is 162 Å². The van der Waals surface area contributed by atoms with Crippen molar-refractivity contribution < 1.29 is 19.1 Å². The summed E-state index contributed by atoms with van der Waals surface area (Å²) in [6, 6.07) is 10.8. The topological polar surface area (TPSA) is 72.5 Å². The number of hydrogen-bond acceptors (Lipinski definition) is 6. The molecular weight excluding hydrogens is 394 g/mol. The Hall–Kier alpha value is -2.22. The number of Topliss-reactive ketones (excluding diaryl/α,β-unsaturated/α-hetero) is 1. The fourth-order valence-corrected chi connectivity index (χ4v) is 4.52. The molecule has 1 N–H and O–H groups in total. The van der Waals surface area contributed by atoms with E-state index in [9.17, 15) is 14.4 Å². The SMILES string of the molecule is CC(=O)NCc1ccc(C(=O)COC(=O)c2sc3ccccc3c2Cl)s1. The number of benzene rings is 1. The van der Waals surface area contributed by atoms with Crippen LogP contribution in [0.5, 0.6) is 0 Å². The van der Waals surface area contributed by atoms with Gasteiger partial charge < -0.3 is 10.1 Å². The number of carbonyl (C=O) groups is 3. The van der Waals surface area contributed by atoms with Crippen molar-refractivity contribution in [2.45, 2.75) is 13.5 Å². The summed E-state index contributed by atoms with van der Waals surface area (Å²) in [5.41, 5.74) is 0. The molecule has 2 aromatic heterocycles. The van der Waals surface area contributed by atoms with E-state index in [0.29, 0.717) is 16.4 Å². The van der Waals surface area contributed by atoms with Gasteiger partial charge in [0.2, 0.25) is 11.7 Å². The molecule has 0 fully saturated rings. The second-order valence-electron chi connectivity index (χ2n) is 5.42. The molecule has 8 heteroatoms. The zero-order chi connectivity index (χ0) is 18.7. The number of ketones is 1. The molecule has 1 amide bonds. The first-order valence-corrected chi connectivity index (χ1v) is 9.67. The minimum atomic E-state index is -0.612. The van der Waals surface area contributed by atoms with E-state index in [1.54, 1.807) is 12.1 Å². The maximum atomic E-state index is 12.3. The van der Waals surface area contributed by atoms with Gasteiger partial charge in [0, 0.05) is 21.9 Å². The maximum absolute atomic E-state index is 12.3. The van der Waals surface area contributed by atoms with Gasteiger partial charge in [0.15, 0.2) is 6.61 Å². The van der Waals surface area contributed by atoms with Crippen molar-refractivity contribution in [1.82, 2.24) is 5.32 Å². The third-order valence-corrected chi connectivity index (χ3v) is 6.28. The van der Waals surface area contributed by atoms with Crippen molar-refractivity contribution in [2.75, 3.05) is 6.61 Å². The summed E-state index contributed by atoms with van der Waals surface area (Å²) in [6.45, 7) is 1.44. The summed E-state index contributed by atoms with van der Waals surface area (Å²) in [5.74, 6) is -1.05. The Morgan fingerprint density at radius 3 is 2.62 bits per heavy atom. The predicted octanol–water partition coefficient (Wildman–Crippen LogP) is 4.29. The van der Waals surface area contributed by atoms with Gasteiger partial charge in [-0.25, -0.2) is 4.79 Å². The lowest BCUT2D eigenvalue weighted by Gasteiger charge is -2.02. The highest BCUT2D eigenvalue weighted by atomic mass is 35.5. The number of esters is 1. The maximum Gasteiger partial charge on any atom is 0.350 e. The van der Waals surface area contributed by atoms with Crippen LogP contribution in [0.4, 0.5) is 0 Å². The minimum Gasteiger partial charge on any atom is -0.453 e. The van der Waals surface area contributed by atoms with Gasteiger partial charge in [0.25, 0.3) is 0 Å². The standard InChI is InChI=1S/C18H14ClNO4S2/c1-10(21)20-8-11-6-7-15(25-11)13(22)9-24-18(23)17-16(19)12-4-2-3-5-14(12)26-17/h2-7H,8-9H2,1H3,(H,20,21). The second kappa shape index (κ2) is 7.99. The third kappa shape index (κ3) is 4.12. The molecule has 0 aliphatic carbocycles. The van der Waals surface area contributed by atoms with Gasteiger partial charge in [-0.15, -0.1) is 22.7 Å². The van der Waals surface area contributed by atoms with E-state index in [4.69, 9.17) is 16.3 Å². The van der Waals surface area contributed by atoms with Crippen LogP contribution in [0.2, 0.25) is 5.02 Å². The van der Waals surface area contributed by atoms with Crippen molar-refractivity contribution in [3.63, 3.8) is 0 Å². The molecule has 2 heterocycles. The molecule has 0 atom stereocenters. The smallest absolute Gasteiger partial charge is 0.350 e. The molecule has 1 aromatic carbocycles. The highest BCUT2D eigenvalue weighted by molar-refractivity contribution is 7.21. The fraction of sp³-hybridized carbons (Fsp3) is 0.167. The first-order valence-electron chi connectivity index (χ1n) is 7.66. The van der Waals surface area contributed by atoms with Gasteiger partial charge in [0.05, 0.1) is 16.4 Å². The highest BCUT2D eigenvalue weighted by Crippen LogP contribution is 2.35. The van der Waals surface area contributed by atoms with Crippen LogP contribution >= 0.6 is 34.3 Å². The summed E-state index contributed by atoms with van der Waals surface area (Å²) in [5, 5.41) is 3.80. The van der Waals surface area contributed by atoms with Crippen molar-refractivity contribution >= 4 is 62.0 Å². The molecule has 3 aromatic rings. The molecule has 0 aliphatic rings. The lowest BCUT2D eigenvalue weighted by Crippen LogP contribution is -2.18. The molecule has 3 rings (SSSR count). The Morgan fingerprint density at radius 1 is 1.12 bits per heavy atom. The van der Waals surface area contributed by atoms with Gasteiger partial charge in [-0.1, -0.05) is 29.8 Å². The van der Waals surface area contributed by atoms with Crippen LogP contribution in [0.3, 0.4) is 0 Å². The molecule has 0 spiro atoms. The summed E-state index contributed by atoms with van der Waals surface area (Å²) < 4.78 is 6.02. The molecule has 0 aliphatic heterocycles. The average molecular weight is 408 g/mol. The van der Waals surface area contributed by atoms with Crippen LogP contribution in [0.15, 0.2) is 36.4 Å². The van der Waals surface area contributed by atoms with Crippen molar-refractivity contribution in [2.24, 2.45) is 0 Å². The minimum absolute atomic E-state index is 0.139. The van der Waals surface area contributed by atoms with E-state index in [1.807, 2.05) is 24.3 Å². The Kier molecular flexibility index (Phi) is 5.70. The fourth-order valence-electron chi connectivity index (χ4n) is 2.25. The van der Waals surface area contributed by atoms with E-state index in [0.717, 1.165) is 15.0 Å². The zero-order valence-corrected chi connectivity index (χ0v) is 16.1. The van der Waals surface area contributed by atoms with Crippen LogP contribution in [0.1, 0.15) is 31.1 Å². The Balaban J connectivity index is 1.62. The van der Waals surface area contributed by atoms with Gasteiger partial charge >= 0.3 is 5.97 Å². The number of ether oxygens (including phenoxy) is 1. The number of nitrogens with one attached hydrogen (secondary N) is 1. The van der Waals surface area contributed by atoms with Crippen LogP contribution in [-0.4, -0.2) is 24.3 Å². The number of thiophene rings is 2. The predicted molar refractivity (Wildman–Crippen MR) is 103 cm³/mol. The second-order valence-corrected chi connectivity index (χ2v) is 8.01. The van der Waals surface area contributed by atoms with Crippen LogP contribution in [-0.2, 0) is 16.1 Å². The molecule has 0 saturated carbocycles. The van der Waals surface area contributed by atoms with Gasteiger partial charge in [-0.05, 0) is 18.2 Å². The number of rotatable bonds is 6. The molecule has 134 valence electrons. The number of amides is 1. The van der Waals surface area contributed by atoms with Crippen LogP contribution in [0.25, 0.3) is 10.1 Å². The summed E-state index contributed by atoms with van der Waals surface area (Å²) in [7, 11) is 0. The largest absolute Gasteiger partial charge is 0.453 e. The number of fused-ring (bicyclic) bond motifs is 1. The van der Waals surface area contributed by atoms with E-state index in [-0.39, 0.29) is 23.2 Å². The quantitative estimate of drug-likeness (QED) is 0.488. The van der Waals surface area contributed by atoms with Crippen LogP contribution in [0, 0.1) is 0 Å². The van der Waals surface area contributed by atoms with Crippen molar-refractivity contribution in [1.29, 1.82) is 0 Å². The lowest BCUT2D eigenvalue weighted by molar-refractivity contribution is -0.119. The molecule has 26 heavy (non-hydrogen) atoms. The Morgan fingerprint density at radius 2 is 1.88 bits per heavy atom. The summed E-state index contributed by atoms with van der Waals surface area (Å²) in [6.07, 6.45) is 0.